The van der Waals surface area contributed by atoms with Crippen LogP contribution in [0, 0.1) is 5.82 Å². The van der Waals surface area contributed by atoms with E-state index in [1.54, 1.807) is 6.07 Å². The number of carbonyl (C=O) groups excluding carboxylic acids is 1. The van der Waals surface area contributed by atoms with Crippen LogP contribution in [0.4, 0.5) is 4.39 Å². The number of hydrogen-bond acceptors (Lipinski definition) is 3. The summed E-state index contributed by atoms with van der Waals surface area (Å²) < 4.78 is 14.0. The maximum absolute atomic E-state index is 13.6. The van der Waals surface area contributed by atoms with Crippen LogP contribution in [-0.4, -0.2) is 49.0 Å². The molecule has 0 unspecified atom stereocenters. The van der Waals surface area contributed by atoms with Crippen molar-refractivity contribution in [3.05, 3.63) is 34.1 Å². The van der Waals surface area contributed by atoms with Crippen LogP contribution in [0.1, 0.15) is 25.3 Å². The fraction of sp³-hybridized carbons (Fsp3) is 0.529. The highest BCUT2D eigenvalue weighted by atomic mass is 79.9. The van der Waals surface area contributed by atoms with Crippen molar-refractivity contribution in [3.8, 4) is 0 Å². The Balaban J connectivity index is 1.89. The van der Waals surface area contributed by atoms with Crippen molar-refractivity contribution in [2.75, 3.05) is 26.2 Å². The molecule has 1 fully saturated rings. The summed E-state index contributed by atoms with van der Waals surface area (Å²) in [5.74, 6) is 0.148. The Kier molecular flexibility index (Phi) is 7.64. The first kappa shape index (κ1) is 19.7. The Bertz CT molecular complexity index is 617. The summed E-state index contributed by atoms with van der Waals surface area (Å²) in [6.45, 7) is 5.14. The van der Waals surface area contributed by atoms with Crippen LogP contribution in [0.15, 0.2) is 27.7 Å². The first-order valence-corrected chi connectivity index (χ1v) is 9.26. The van der Waals surface area contributed by atoms with Gasteiger partial charge in [-0.2, -0.15) is 0 Å². The van der Waals surface area contributed by atoms with Gasteiger partial charge in [0.05, 0.1) is 17.6 Å². The van der Waals surface area contributed by atoms with E-state index in [0.29, 0.717) is 23.6 Å². The molecule has 1 aromatic carbocycles. The van der Waals surface area contributed by atoms with Crippen molar-refractivity contribution in [1.29, 1.82) is 0 Å². The number of primary amides is 1. The van der Waals surface area contributed by atoms with Gasteiger partial charge in [-0.25, -0.2) is 9.38 Å². The average molecular weight is 414 g/mol. The smallest absolute Gasteiger partial charge is 0.231 e. The molecule has 1 heterocycles. The third kappa shape index (κ3) is 6.62. The summed E-state index contributed by atoms with van der Waals surface area (Å²) in [6.07, 6.45) is 1.84. The molecule has 1 amide bonds. The van der Waals surface area contributed by atoms with Crippen molar-refractivity contribution in [1.82, 2.24) is 15.5 Å². The van der Waals surface area contributed by atoms with Crippen molar-refractivity contribution in [2.45, 2.75) is 32.4 Å². The highest BCUT2D eigenvalue weighted by Crippen LogP contribution is 2.17. The normalized spacial score (nSPS) is 16.7. The first-order valence-electron chi connectivity index (χ1n) is 8.47. The SMILES string of the molecule is CCNC(=NCc1ccc(Br)c(F)c1)NC1CCN(CC(N)=O)CC1. The number of nitrogens with one attached hydrogen (secondary N) is 2. The van der Waals surface area contributed by atoms with Gasteiger partial charge in [0, 0.05) is 25.7 Å². The highest BCUT2D eigenvalue weighted by Gasteiger charge is 2.20. The third-order valence-electron chi connectivity index (χ3n) is 4.06. The van der Waals surface area contributed by atoms with E-state index in [4.69, 9.17) is 5.73 Å². The molecule has 0 saturated carbocycles. The Morgan fingerprint density at radius 2 is 2.16 bits per heavy atom. The lowest BCUT2D eigenvalue weighted by atomic mass is 10.1. The van der Waals surface area contributed by atoms with Crippen LogP contribution in [-0.2, 0) is 11.3 Å². The maximum Gasteiger partial charge on any atom is 0.231 e. The molecule has 0 atom stereocenters. The fourth-order valence-corrected chi connectivity index (χ4v) is 3.02. The number of benzene rings is 1. The van der Waals surface area contributed by atoms with Crippen molar-refractivity contribution < 1.29 is 9.18 Å². The van der Waals surface area contributed by atoms with E-state index in [9.17, 15) is 9.18 Å². The number of piperidine rings is 1. The number of halogens is 2. The van der Waals surface area contributed by atoms with E-state index < -0.39 is 0 Å². The quantitative estimate of drug-likeness (QED) is 0.488. The molecule has 0 radical (unpaired) electrons. The number of guanidine groups is 1. The Labute approximate surface area is 156 Å². The van der Waals surface area contributed by atoms with Crippen LogP contribution in [0.2, 0.25) is 0 Å². The van der Waals surface area contributed by atoms with Crippen molar-refractivity contribution >= 4 is 27.8 Å². The number of carbonyl (C=O) groups is 1. The minimum absolute atomic E-state index is 0.285. The summed E-state index contributed by atoms with van der Waals surface area (Å²) in [5.41, 5.74) is 6.05. The van der Waals surface area contributed by atoms with E-state index >= 15 is 0 Å². The Morgan fingerprint density at radius 1 is 1.44 bits per heavy atom. The van der Waals surface area contributed by atoms with E-state index in [2.05, 4.69) is 36.5 Å². The zero-order chi connectivity index (χ0) is 18.2. The van der Waals surface area contributed by atoms with Gasteiger partial charge in [0.25, 0.3) is 0 Å². The van der Waals surface area contributed by atoms with E-state index in [-0.39, 0.29) is 11.7 Å². The van der Waals surface area contributed by atoms with Gasteiger partial charge in [-0.1, -0.05) is 6.07 Å². The van der Waals surface area contributed by atoms with Crippen LogP contribution in [0.5, 0.6) is 0 Å². The number of nitrogens with two attached hydrogens (primary N) is 1. The van der Waals surface area contributed by atoms with E-state index in [1.165, 1.54) is 6.07 Å². The standard InChI is InChI=1S/C17H25BrFN5O/c1-2-21-17(22-10-12-3-4-14(18)15(19)9-12)23-13-5-7-24(8-6-13)11-16(20)25/h3-4,9,13H,2,5-8,10-11H2,1H3,(H2,20,25)(H2,21,22,23). The van der Waals surface area contributed by atoms with Crippen molar-refractivity contribution in [2.24, 2.45) is 10.7 Å². The van der Waals surface area contributed by atoms with Crippen LogP contribution >= 0.6 is 15.9 Å². The molecule has 6 nitrogen and oxygen atoms in total. The average Bonchev–Trinajstić information content (AvgIpc) is 2.57. The summed E-state index contributed by atoms with van der Waals surface area (Å²) >= 11 is 3.15. The van der Waals surface area contributed by atoms with E-state index in [0.717, 1.165) is 44.0 Å². The number of amides is 1. The molecule has 25 heavy (non-hydrogen) atoms. The van der Waals surface area contributed by atoms with Gasteiger partial charge >= 0.3 is 0 Å². The molecular weight excluding hydrogens is 389 g/mol. The van der Waals surface area contributed by atoms with Crippen LogP contribution < -0.4 is 16.4 Å². The Hall–Kier alpha value is -1.67. The van der Waals surface area contributed by atoms with Gasteiger partial charge < -0.3 is 16.4 Å². The number of rotatable bonds is 6. The minimum atomic E-state index is -0.289. The molecule has 1 saturated heterocycles. The summed E-state index contributed by atoms with van der Waals surface area (Å²) in [7, 11) is 0. The van der Waals surface area contributed by atoms with Gasteiger partial charge in [0.15, 0.2) is 5.96 Å². The lowest BCUT2D eigenvalue weighted by Gasteiger charge is -2.32. The number of nitrogens with zero attached hydrogens (tertiary/aromatic N) is 2. The number of likely N-dealkylation sites (tertiary alicyclic amines) is 1. The lowest BCUT2D eigenvalue weighted by molar-refractivity contribution is -0.119. The van der Waals surface area contributed by atoms with Gasteiger partial charge in [-0.15, -0.1) is 0 Å². The first-order chi connectivity index (χ1) is 12.0. The summed E-state index contributed by atoms with van der Waals surface area (Å²) in [5, 5.41) is 6.64. The molecule has 0 spiro atoms. The predicted molar refractivity (Wildman–Crippen MR) is 101 cm³/mol. The molecule has 1 aromatic rings. The molecule has 2 rings (SSSR count). The van der Waals surface area contributed by atoms with E-state index in [1.807, 2.05) is 13.0 Å². The largest absolute Gasteiger partial charge is 0.369 e. The zero-order valence-electron chi connectivity index (χ0n) is 14.4. The highest BCUT2D eigenvalue weighted by molar-refractivity contribution is 9.10. The molecule has 8 heteroatoms. The van der Waals surface area contributed by atoms with Gasteiger partial charge in [0.2, 0.25) is 5.91 Å². The second kappa shape index (κ2) is 9.72. The van der Waals surface area contributed by atoms with Crippen LogP contribution in [0.3, 0.4) is 0 Å². The lowest BCUT2D eigenvalue weighted by Crippen LogP contribution is -2.49. The molecule has 1 aliphatic heterocycles. The molecule has 0 aliphatic carbocycles. The third-order valence-corrected chi connectivity index (χ3v) is 4.70. The summed E-state index contributed by atoms with van der Waals surface area (Å²) in [6, 6.07) is 5.32. The minimum Gasteiger partial charge on any atom is -0.369 e. The molecule has 0 bridgehead atoms. The molecule has 4 N–H and O–H groups in total. The number of aliphatic imine (C=N–C) groups is 1. The fourth-order valence-electron chi connectivity index (χ4n) is 2.78. The van der Waals surface area contributed by atoms with Crippen LogP contribution in [0.25, 0.3) is 0 Å². The molecule has 0 aromatic heterocycles. The van der Waals surface area contributed by atoms with Gasteiger partial charge in [-0.05, 0) is 53.4 Å². The second-order valence-electron chi connectivity index (χ2n) is 6.10. The molecular formula is C17H25BrFN5O. The maximum atomic E-state index is 13.6. The second-order valence-corrected chi connectivity index (χ2v) is 6.96. The zero-order valence-corrected chi connectivity index (χ0v) is 16.0. The number of hydrogen-bond donors (Lipinski definition) is 3. The van der Waals surface area contributed by atoms with Crippen molar-refractivity contribution in [3.63, 3.8) is 0 Å². The van der Waals surface area contributed by atoms with Gasteiger partial charge in [-0.3, -0.25) is 9.69 Å². The van der Waals surface area contributed by atoms with Gasteiger partial charge in [0.1, 0.15) is 5.82 Å². The predicted octanol–water partition coefficient (Wildman–Crippen LogP) is 1.59. The summed E-state index contributed by atoms with van der Waals surface area (Å²) in [4.78, 5) is 17.6. The molecule has 1 aliphatic rings. The Morgan fingerprint density at radius 3 is 2.76 bits per heavy atom. The molecule has 138 valence electrons. The monoisotopic (exact) mass is 413 g/mol. The topological polar surface area (TPSA) is 82.8 Å².